The number of hydrogen-bond donors (Lipinski definition) is 1. The summed E-state index contributed by atoms with van der Waals surface area (Å²) in [6, 6.07) is 17.3. The zero-order valence-electron chi connectivity index (χ0n) is 21.4. The topological polar surface area (TPSA) is 97.8 Å². The molecule has 2 aliphatic rings. The van der Waals surface area contributed by atoms with Gasteiger partial charge in [0, 0.05) is 36.4 Å². The van der Waals surface area contributed by atoms with Crippen molar-refractivity contribution in [3.05, 3.63) is 83.1 Å². The summed E-state index contributed by atoms with van der Waals surface area (Å²) in [5, 5.41) is 0. The van der Waals surface area contributed by atoms with E-state index in [9.17, 15) is 13.8 Å². The Hall–Kier alpha value is -3.98. The Morgan fingerprint density at radius 3 is 2.53 bits per heavy atom. The first-order valence-electron chi connectivity index (χ1n) is 12.5. The Morgan fingerprint density at radius 2 is 1.84 bits per heavy atom. The second-order valence-electron chi connectivity index (χ2n) is 9.33. The average molecular weight is 532 g/mol. The van der Waals surface area contributed by atoms with Crippen molar-refractivity contribution in [2.75, 3.05) is 19.7 Å². The molecule has 1 saturated heterocycles. The number of carbonyl (C=O) groups excluding carboxylic acids is 2. The van der Waals surface area contributed by atoms with Crippen LogP contribution in [0.4, 0.5) is 0 Å². The fourth-order valence-corrected chi connectivity index (χ4v) is 5.66. The number of nitrogens with one attached hydrogen (secondary N) is 1. The molecule has 2 aliphatic heterocycles. The standard InChI is InChI=1S/C29H29N3O5S/c1-19-15-27(36-14-13-32-12-4-7-28(32)34)30-20(2)29(19)23-6-3-5-21(16-23)18-37-24-10-8-22(9-11-24)25-17-26(33)31-38(25)35/h3,5-6,8-11,15-17H,4,7,12-14,18H2,1-2H3,(H,31,33). The predicted octanol–water partition coefficient (Wildman–Crippen LogP) is 4.08. The van der Waals surface area contributed by atoms with Gasteiger partial charge in [0.1, 0.15) is 19.0 Å². The van der Waals surface area contributed by atoms with Crippen molar-refractivity contribution in [2.24, 2.45) is 0 Å². The molecule has 0 bridgehead atoms. The van der Waals surface area contributed by atoms with E-state index in [1.165, 1.54) is 6.08 Å². The molecule has 3 heterocycles. The van der Waals surface area contributed by atoms with Crippen LogP contribution < -0.4 is 14.2 Å². The van der Waals surface area contributed by atoms with Gasteiger partial charge >= 0.3 is 0 Å². The highest BCUT2D eigenvalue weighted by atomic mass is 32.2. The van der Waals surface area contributed by atoms with Gasteiger partial charge in [-0.25, -0.2) is 9.19 Å². The lowest BCUT2D eigenvalue weighted by atomic mass is 9.98. The molecular formula is C29H29N3O5S. The Labute approximate surface area is 224 Å². The third kappa shape index (κ3) is 5.78. The number of carbonyl (C=O) groups is 2. The minimum Gasteiger partial charge on any atom is -0.489 e. The minimum absolute atomic E-state index is 0.194. The van der Waals surface area contributed by atoms with Crippen LogP contribution in [0, 0.1) is 13.8 Å². The van der Waals surface area contributed by atoms with Crippen molar-refractivity contribution >= 4 is 27.7 Å². The lowest BCUT2D eigenvalue weighted by Gasteiger charge is -2.17. The second kappa shape index (κ2) is 11.2. The second-order valence-corrected chi connectivity index (χ2v) is 10.5. The molecule has 0 radical (unpaired) electrons. The molecule has 9 heteroatoms. The van der Waals surface area contributed by atoms with Crippen LogP contribution in [0.2, 0.25) is 0 Å². The third-order valence-corrected chi connectivity index (χ3v) is 7.71. The average Bonchev–Trinajstić information content (AvgIpc) is 3.46. The van der Waals surface area contributed by atoms with E-state index in [1.807, 2.05) is 36.9 Å². The number of aryl methyl sites for hydroxylation is 2. The highest BCUT2D eigenvalue weighted by Crippen LogP contribution is 2.30. The fourth-order valence-electron chi connectivity index (χ4n) is 4.75. The van der Waals surface area contributed by atoms with Crippen molar-refractivity contribution < 1.29 is 23.3 Å². The maximum atomic E-state index is 12.0. The van der Waals surface area contributed by atoms with Crippen LogP contribution in [0.15, 0.2) is 60.7 Å². The molecule has 8 nitrogen and oxygen atoms in total. The highest BCUT2D eigenvalue weighted by Gasteiger charge is 2.21. The lowest BCUT2D eigenvalue weighted by molar-refractivity contribution is -0.128. The molecule has 2 aromatic carbocycles. The number of aromatic nitrogens is 1. The van der Waals surface area contributed by atoms with Crippen molar-refractivity contribution in [3.8, 4) is 22.8 Å². The van der Waals surface area contributed by atoms with E-state index in [0.29, 0.717) is 48.3 Å². The fraction of sp³-hybridized carbons (Fsp3) is 0.276. The van der Waals surface area contributed by atoms with Crippen molar-refractivity contribution in [1.29, 1.82) is 0 Å². The number of nitrogens with zero attached hydrogens (tertiary/aromatic N) is 2. The number of benzene rings is 2. The zero-order valence-corrected chi connectivity index (χ0v) is 22.2. The van der Waals surface area contributed by atoms with Crippen molar-refractivity contribution in [2.45, 2.75) is 33.3 Å². The maximum Gasteiger partial charge on any atom is 0.257 e. The van der Waals surface area contributed by atoms with Gasteiger partial charge in [-0.2, -0.15) is 0 Å². The monoisotopic (exact) mass is 531 g/mol. The summed E-state index contributed by atoms with van der Waals surface area (Å²) in [5.74, 6) is 1.08. The van der Waals surface area contributed by atoms with Crippen LogP contribution in [0.5, 0.6) is 11.6 Å². The third-order valence-electron chi connectivity index (χ3n) is 6.57. The van der Waals surface area contributed by atoms with Gasteiger partial charge in [-0.1, -0.05) is 30.3 Å². The molecule has 196 valence electrons. The molecule has 3 aromatic rings. The summed E-state index contributed by atoms with van der Waals surface area (Å²) in [6.45, 7) is 6.21. The Morgan fingerprint density at radius 1 is 1.03 bits per heavy atom. The van der Waals surface area contributed by atoms with E-state index in [4.69, 9.17) is 9.47 Å². The van der Waals surface area contributed by atoms with Gasteiger partial charge in [0.2, 0.25) is 11.8 Å². The van der Waals surface area contributed by atoms with Gasteiger partial charge in [-0.3, -0.25) is 14.3 Å². The van der Waals surface area contributed by atoms with Gasteiger partial charge in [-0.05, 0) is 60.7 Å². The normalized spacial score (nSPS) is 16.9. The maximum absolute atomic E-state index is 12.0. The number of ether oxygens (including phenoxy) is 2. The SMILES string of the molecule is Cc1cc(OCCN2CCCC2=O)nc(C)c1-c1cccc(COc2ccc(C3=CC(=O)NS3=O)cc2)c1. The molecule has 0 aliphatic carbocycles. The van der Waals surface area contributed by atoms with Crippen molar-refractivity contribution in [3.63, 3.8) is 0 Å². The number of amides is 2. The van der Waals surface area contributed by atoms with Gasteiger partial charge in [0.05, 0.1) is 11.4 Å². The van der Waals surface area contributed by atoms with Crippen LogP contribution in [0.25, 0.3) is 16.0 Å². The first-order chi connectivity index (χ1) is 18.4. The molecule has 1 unspecified atom stereocenters. The van der Waals surface area contributed by atoms with Crippen LogP contribution in [-0.4, -0.2) is 45.6 Å². The molecule has 1 N–H and O–H groups in total. The van der Waals surface area contributed by atoms with Gasteiger partial charge in [0.25, 0.3) is 5.91 Å². The summed E-state index contributed by atoms with van der Waals surface area (Å²) < 4.78 is 26.2. The van der Waals surface area contributed by atoms with Gasteiger partial charge < -0.3 is 14.4 Å². The number of likely N-dealkylation sites (tertiary alicyclic amines) is 1. The van der Waals surface area contributed by atoms with E-state index in [2.05, 4.69) is 21.8 Å². The molecule has 1 fully saturated rings. The van der Waals surface area contributed by atoms with E-state index >= 15 is 0 Å². The molecule has 0 spiro atoms. The summed E-state index contributed by atoms with van der Waals surface area (Å²) >= 11 is 0. The summed E-state index contributed by atoms with van der Waals surface area (Å²) in [4.78, 5) is 30.2. The summed E-state index contributed by atoms with van der Waals surface area (Å²) in [7, 11) is -1.52. The molecule has 1 atom stereocenters. The van der Waals surface area contributed by atoms with E-state index in [1.54, 1.807) is 24.3 Å². The number of hydrogen-bond acceptors (Lipinski definition) is 6. The molecule has 0 saturated carbocycles. The molecule has 2 amide bonds. The number of rotatable bonds is 9. The smallest absolute Gasteiger partial charge is 0.257 e. The molecule has 38 heavy (non-hydrogen) atoms. The van der Waals surface area contributed by atoms with E-state index < -0.39 is 11.0 Å². The van der Waals surface area contributed by atoms with Gasteiger partial charge in [-0.15, -0.1) is 0 Å². The van der Waals surface area contributed by atoms with Crippen LogP contribution >= 0.6 is 0 Å². The quantitative estimate of drug-likeness (QED) is 0.447. The first-order valence-corrected chi connectivity index (χ1v) is 13.7. The Balaban J connectivity index is 1.22. The van der Waals surface area contributed by atoms with Crippen LogP contribution in [0.3, 0.4) is 0 Å². The van der Waals surface area contributed by atoms with Gasteiger partial charge in [0.15, 0.2) is 11.0 Å². The molecule has 1 aromatic heterocycles. The predicted molar refractivity (Wildman–Crippen MR) is 145 cm³/mol. The molecule has 5 rings (SSSR count). The Kier molecular flexibility index (Phi) is 7.55. The van der Waals surface area contributed by atoms with E-state index in [0.717, 1.165) is 40.9 Å². The van der Waals surface area contributed by atoms with E-state index in [-0.39, 0.29) is 11.8 Å². The zero-order chi connectivity index (χ0) is 26.6. The van der Waals surface area contributed by atoms with Crippen LogP contribution in [-0.2, 0) is 27.2 Å². The number of pyridine rings is 1. The first kappa shape index (κ1) is 25.7. The lowest BCUT2D eigenvalue weighted by Crippen LogP contribution is -2.29. The largest absolute Gasteiger partial charge is 0.489 e. The summed E-state index contributed by atoms with van der Waals surface area (Å²) in [5.41, 5.74) is 5.76. The minimum atomic E-state index is -1.52. The van der Waals surface area contributed by atoms with Crippen molar-refractivity contribution in [1.82, 2.24) is 14.6 Å². The Bertz CT molecular complexity index is 1410. The van der Waals surface area contributed by atoms with Crippen LogP contribution in [0.1, 0.15) is 35.2 Å². The highest BCUT2D eigenvalue weighted by molar-refractivity contribution is 7.93. The molecular weight excluding hydrogens is 502 g/mol. The summed E-state index contributed by atoms with van der Waals surface area (Å²) in [6.07, 6.45) is 2.90.